The molecule has 0 fully saturated rings. The highest BCUT2D eigenvalue weighted by atomic mass is 16.5. The van der Waals surface area contributed by atoms with Gasteiger partial charge in [-0.1, -0.05) is 0 Å². The van der Waals surface area contributed by atoms with E-state index in [-0.39, 0.29) is 11.8 Å². The Kier molecular flexibility index (Phi) is 4.70. The fourth-order valence-corrected chi connectivity index (χ4v) is 2.09. The third kappa shape index (κ3) is 3.46. The average molecular weight is 291 g/mol. The second-order valence-corrected chi connectivity index (χ2v) is 4.87. The zero-order valence-electron chi connectivity index (χ0n) is 12.8. The molecule has 2 rings (SSSR count). The number of benzene rings is 1. The molecule has 0 bridgehead atoms. The van der Waals surface area contributed by atoms with Crippen LogP contribution in [0.25, 0.3) is 0 Å². The van der Waals surface area contributed by atoms with Crippen molar-refractivity contribution in [2.75, 3.05) is 14.2 Å². The first-order valence-corrected chi connectivity index (χ1v) is 6.72. The number of aryl methyl sites for hydroxylation is 1. The maximum absolute atomic E-state index is 9.89. The Morgan fingerprint density at radius 3 is 2.38 bits per heavy atom. The van der Waals surface area contributed by atoms with Crippen molar-refractivity contribution in [1.29, 1.82) is 0 Å². The number of nitrogens with one attached hydrogen (secondary N) is 1. The second kappa shape index (κ2) is 6.49. The Hall–Kier alpha value is -2.21. The molecule has 1 atom stereocenters. The van der Waals surface area contributed by atoms with Crippen LogP contribution in [0.2, 0.25) is 0 Å². The first-order chi connectivity index (χ1) is 10.0. The third-order valence-corrected chi connectivity index (χ3v) is 3.33. The van der Waals surface area contributed by atoms with Crippen molar-refractivity contribution in [3.8, 4) is 17.2 Å². The Balaban J connectivity index is 2.09. The van der Waals surface area contributed by atoms with Gasteiger partial charge in [-0.2, -0.15) is 5.10 Å². The summed E-state index contributed by atoms with van der Waals surface area (Å²) < 4.78 is 12.1. The van der Waals surface area contributed by atoms with E-state index >= 15 is 0 Å². The highest BCUT2D eigenvalue weighted by Crippen LogP contribution is 2.37. The normalized spacial score (nSPS) is 12.2. The van der Waals surface area contributed by atoms with E-state index in [0.717, 1.165) is 11.3 Å². The van der Waals surface area contributed by atoms with Crippen LogP contribution in [0, 0.1) is 0 Å². The third-order valence-electron chi connectivity index (χ3n) is 3.33. The number of nitrogens with zero attached hydrogens (tertiary/aromatic N) is 2. The summed E-state index contributed by atoms with van der Waals surface area (Å²) in [7, 11) is 4.93. The molecule has 1 unspecified atom stereocenters. The predicted molar refractivity (Wildman–Crippen MR) is 79.7 cm³/mol. The SMILES string of the molecule is COc1cc(CNC(C)c2ccn(C)n2)cc(OC)c1O. The van der Waals surface area contributed by atoms with E-state index in [0.29, 0.717) is 18.0 Å². The van der Waals surface area contributed by atoms with Crippen LogP contribution >= 0.6 is 0 Å². The molecule has 0 saturated carbocycles. The second-order valence-electron chi connectivity index (χ2n) is 4.87. The molecule has 0 aliphatic heterocycles. The highest BCUT2D eigenvalue weighted by molar-refractivity contribution is 5.52. The van der Waals surface area contributed by atoms with Gasteiger partial charge in [0.25, 0.3) is 0 Å². The first kappa shape index (κ1) is 15.2. The number of phenols is 1. The minimum Gasteiger partial charge on any atom is -0.502 e. The van der Waals surface area contributed by atoms with Crippen LogP contribution in [0.4, 0.5) is 0 Å². The lowest BCUT2D eigenvalue weighted by Crippen LogP contribution is -2.18. The van der Waals surface area contributed by atoms with Gasteiger partial charge in [-0.05, 0) is 30.7 Å². The van der Waals surface area contributed by atoms with Crippen LogP contribution in [0.1, 0.15) is 24.2 Å². The van der Waals surface area contributed by atoms with Crippen molar-refractivity contribution in [2.45, 2.75) is 19.5 Å². The lowest BCUT2D eigenvalue weighted by atomic mass is 10.1. The summed E-state index contributed by atoms with van der Waals surface area (Å²) in [5, 5.41) is 17.6. The fourth-order valence-electron chi connectivity index (χ4n) is 2.09. The summed E-state index contributed by atoms with van der Waals surface area (Å²) in [6, 6.07) is 5.68. The molecule has 0 aliphatic rings. The highest BCUT2D eigenvalue weighted by Gasteiger charge is 2.13. The van der Waals surface area contributed by atoms with Crippen molar-refractivity contribution in [3.63, 3.8) is 0 Å². The zero-order valence-corrected chi connectivity index (χ0v) is 12.8. The van der Waals surface area contributed by atoms with Crippen LogP contribution < -0.4 is 14.8 Å². The molecule has 1 heterocycles. The van der Waals surface area contributed by atoms with Crippen molar-refractivity contribution < 1.29 is 14.6 Å². The van der Waals surface area contributed by atoms with Crippen LogP contribution in [0.3, 0.4) is 0 Å². The van der Waals surface area contributed by atoms with Gasteiger partial charge in [-0.25, -0.2) is 0 Å². The monoisotopic (exact) mass is 291 g/mol. The maximum Gasteiger partial charge on any atom is 0.200 e. The van der Waals surface area contributed by atoms with Gasteiger partial charge in [0.2, 0.25) is 5.75 Å². The van der Waals surface area contributed by atoms with Gasteiger partial charge < -0.3 is 19.9 Å². The van der Waals surface area contributed by atoms with E-state index in [2.05, 4.69) is 17.3 Å². The number of hydrogen-bond donors (Lipinski definition) is 2. The number of hydrogen-bond acceptors (Lipinski definition) is 5. The molecule has 1 aromatic heterocycles. The Morgan fingerprint density at radius 1 is 1.29 bits per heavy atom. The van der Waals surface area contributed by atoms with Gasteiger partial charge in [0, 0.05) is 25.8 Å². The molecule has 0 amide bonds. The van der Waals surface area contributed by atoms with E-state index < -0.39 is 0 Å². The van der Waals surface area contributed by atoms with Crippen LogP contribution in [-0.2, 0) is 13.6 Å². The summed E-state index contributed by atoms with van der Waals surface area (Å²) in [5.74, 6) is 0.815. The lowest BCUT2D eigenvalue weighted by molar-refractivity contribution is 0.339. The molecule has 1 aromatic carbocycles. The van der Waals surface area contributed by atoms with Crippen molar-refractivity contribution in [2.24, 2.45) is 7.05 Å². The Morgan fingerprint density at radius 2 is 1.90 bits per heavy atom. The molecule has 6 heteroatoms. The Labute approximate surface area is 124 Å². The fraction of sp³-hybridized carbons (Fsp3) is 0.400. The van der Waals surface area contributed by atoms with Gasteiger partial charge in [-0.15, -0.1) is 0 Å². The lowest BCUT2D eigenvalue weighted by Gasteiger charge is -2.14. The van der Waals surface area contributed by atoms with E-state index in [1.165, 1.54) is 14.2 Å². The van der Waals surface area contributed by atoms with E-state index in [9.17, 15) is 5.11 Å². The smallest absolute Gasteiger partial charge is 0.200 e. The van der Waals surface area contributed by atoms with Crippen LogP contribution in [0.15, 0.2) is 24.4 Å². The summed E-state index contributed by atoms with van der Waals surface area (Å²) in [5.41, 5.74) is 1.94. The summed E-state index contributed by atoms with van der Waals surface area (Å²) in [6.45, 7) is 2.67. The molecule has 0 radical (unpaired) electrons. The average Bonchev–Trinajstić information content (AvgIpc) is 2.92. The molecule has 0 aliphatic carbocycles. The minimum absolute atomic E-state index is 0.0153. The number of phenolic OH excluding ortho intramolecular Hbond substituents is 1. The van der Waals surface area contributed by atoms with Crippen molar-refractivity contribution in [1.82, 2.24) is 15.1 Å². The maximum atomic E-state index is 9.89. The van der Waals surface area contributed by atoms with E-state index in [1.54, 1.807) is 16.8 Å². The molecule has 2 aromatic rings. The molecule has 6 nitrogen and oxygen atoms in total. The molecule has 0 spiro atoms. The molecule has 0 saturated heterocycles. The van der Waals surface area contributed by atoms with Gasteiger partial charge >= 0.3 is 0 Å². The predicted octanol–water partition coefficient (Wildman–Crippen LogP) is 1.99. The van der Waals surface area contributed by atoms with Crippen molar-refractivity contribution in [3.05, 3.63) is 35.7 Å². The minimum atomic E-state index is 0.0153. The van der Waals surface area contributed by atoms with E-state index in [1.807, 2.05) is 19.3 Å². The number of rotatable bonds is 6. The van der Waals surface area contributed by atoms with Gasteiger partial charge in [0.15, 0.2) is 11.5 Å². The van der Waals surface area contributed by atoms with Gasteiger partial charge in [0.1, 0.15) is 0 Å². The van der Waals surface area contributed by atoms with Crippen LogP contribution in [0.5, 0.6) is 17.2 Å². The standard InChI is InChI=1S/C15H21N3O3/c1-10(12-5-6-18(2)17-12)16-9-11-7-13(20-3)15(19)14(8-11)21-4/h5-8,10,16,19H,9H2,1-4H3. The van der Waals surface area contributed by atoms with Gasteiger partial charge in [-0.3, -0.25) is 4.68 Å². The molecule has 2 N–H and O–H groups in total. The summed E-state index contributed by atoms with van der Waals surface area (Å²) >= 11 is 0. The van der Waals surface area contributed by atoms with Crippen LogP contribution in [-0.4, -0.2) is 29.1 Å². The topological polar surface area (TPSA) is 68.5 Å². The van der Waals surface area contributed by atoms with Crippen molar-refractivity contribution >= 4 is 0 Å². The number of methoxy groups -OCH3 is 2. The molecule has 114 valence electrons. The number of aromatic nitrogens is 2. The number of ether oxygens (including phenoxy) is 2. The quantitative estimate of drug-likeness (QED) is 0.852. The molecule has 21 heavy (non-hydrogen) atoms. The zero-order chi connectivity index (χ0) is 15.4. The van der Waals surface area contributed by atoms with Gasteiger partial charge in [0.05, 0.1) is 19.9 Å². The molecular formula is C15H21N3O3. The Bertz CT molecular complexity index is 585. The summed E-state index contributed by atoms with van der Waals surface area (Å²) in [4.78, 5) is 0. The van der Waals surface area contributed by atoms with E-state index in [4.69, 9.17) is 9.47 Å². The largest absolute Gasteiger partial charge is 0.502 e. The molecular weight excluding hydrogens is 270 g/mol. The summed E-state index contributed by atoms with van der Waals surface area (Å²) in [6.07, 6.45) is 1.92. The number of aromatic hydroxyl groups is 1. The first-order valence-electron chi connectivity index (χ1n) is 6.72.